The second-order valence-electron chi connectivity index (χ2n) is 23.4. The lowest BCUT2D eigenvalue weighted by atomic mass is 9.85. The Hall–Kier alpha value is -8.61. The second kappa shape index (κ2) is 17.0. The van der Waals surface area contributed by atoms with E-state index in [4.69, 9.17) is 15.0 Å². The molecule has 9 aromatic carbocycles. The number of fused-ring (bicyclic) bond motifs is 24. The first-order valence-corrected chi connectivity index (χ1v) is 26.3. The Bertz CT molecular complexity index is 4290. The van der Waals surface area contributed by atoms with Gasteiger partial charge in [0.15, 0.2) is 0 Å². The molecular weight excluding hydrogens is 913 g/mol. The number of pyridine rings is 3. The van der Waals surface area contributed by atoms with Crippen molar-refractivity contribution in [1.29, 1.82) is 0 Å². The lowest BCUT2D eigenvalue weighted by Gasteiger charge is -2.20. The second-order valence-corrected chi connectivity index (χ2v) is 23.4. The Morgan fingerprint density at radius 2 is 0.493 bits per heavy atom. The lowest BCUT2D eigenvalue weighted by Crippen LogP contribution is -2.10. The molecule has 6 nitrogen and oxygen atoms in total. The van der Waals surface area contributed by atoms with Gasteiger partial charge in [0.1, 0.15) is 16.9 Å². The predicted octanol–water partition coefficient (Wildman–Crippen LogP) is 18.3. The number of nitrogens with zero attached hydrogens (tertiary/aromatic N) is 6. The fourth-order valence-electron chi connectivity index (χ4n) is 11.4. The van der Waals surface area contributed by atoms with E-state index in [1.807, 2.05) is 18.2 Å². The highest BCUT2D eigenvalue weighted by Gasteiger charge is 2.22. The summed E-state index contributed by atoms with van der Waals surface area (Å²) in [6.45, 7) is 20.4. The molecule has 0 radical (unpaired) electrons. The van der Waals surface area contributed by atoms with E-state index in [0.717, 1.165) is 33.5 Å². The summed E-state index contributed by atoms with van der Waals surface area (Å²) in [4.78, 5) is 14.8. The Kier molecular flexibility index (Phi) is 10.5. The molecule has 75 heavy (non-hydrogen) atoms. The van der Waals surface area contributed by atoms with Gasteiger partial charge in [0.2, 0.25) is 0 Å². The molecule has 0 atom stereocenters. The molecule has 0 saturated heterocycles. The van der Waals surface area contributed by atoms with Gasteiger partial charge in [0.25, 0.3) is 0 Å². The fourth-order valence-corrected chi connectivity index (χ4v) is 11.4. The van der Waals surface area contributed by atoms with Crippen LogP contribution in [-0.4, -0.2) is 28.2 Å². The van der Waals surface area contributed by atoms with Crippen molar-refractivity contribution in [3.8, 4) is 0 Å². The lowest BCUT2D eigenvalue weighted by molar-refractivity contribution is 0.591. The van der Waals surface area contributed by atoms with Crippen molar-refractivity contribution in [3.63, 3.8) is 0 Å². The average Bonchev–Trinajstić information content (AvgIpc) is 4.16. The molecule has 0 saturated carbocycles. The van der Waals surface area contributed by atoms with Gasteiger partial charge in [0.05, 0.1) is 33.1 Å². The SMILES string of the molecule is CC(C)(C)c1ccc2c3ccccc3c3nc4ccccn4c3c2c1.CC(C)(C)c1ccc2c3ccccc3c3nc4ccccn4c3c2c1.CC(C)(C)c1ccc2c3ccccc3c3nc4ccccn4c3c2c1. The molecule has 0 amide bonds. The molecule has 0 unspecified atom stereocenters. The van der Waals surface area contributed by atoms with Crippen LogP contribution in [0.15, 0.2) is 201 Å². The maximum absolute atomic E-state index is 4.95. The van der Waals surface area contributed by atoms with E-state index in [1.165, 1.54) is 97.9 Å². The van der Waals surface area contributed by atoms with Crippen molar-refractivity contribution in [2.24, 2.45) is 0 Å². The minimum absolute atomic E-state index is 0.118. The minimum Gasteiger partial charge on any atom is -0.299 e. The van der Waals surface area contributed by atoms with Crippen LogP contribution in [0.4, 0.5) is 0 Å². The molecule has 0 aliphatic heterocycles. The monoisotopic (exact) mass is 972 g/mol. The van der Waals surface area contributed by atoms with Crippen molar-refractivity contribution in [1.82, 2.24) is 28.2 Å². The van der Waals surface area contributed by atoms with Crippen LogP contribution in [-0.2, 0) is 16.2 Å². The van der Waals surface area contributed by atoms with E-state index in [2.05, 4.69) is 258 Å². The van der Waals surface area contributed by atoms with Crippen molar-refractivity contribution in [3.05, 3.63) is 217 Å². The first kappa shape index (κ1) is 46.2. The van der Waals surface area contributed by atoms with Crippen LogP contribution in [0.5, 0.6) is 0 Å². The molecule has 0 spiro atoms. The highest BCUT2D eigenvalue weighted by Crippen LogP contribution is 2.41. The molecule has 0 N–H and O–H groups in total. The van der Waals surface area contributed by atoms with Gasteiger partial charge in [0, 0.05) is 50.9 Å². The standard InChI is InChI=1S/3C23H20N2/c3*1-23(2,3)15-11-12-17-16-8-4-5-9-18(16)21-22(19(17)14-15)25-13-7-6-10-20(25)24-21/h3*4-14H,1-3H3. The third-order valence-corrected chi connectivity index (χ3v) is 15.4. The third-order valence-electron chi connectivity index (χ3n) is 15.4. The van der Waals surface area contributed by atoms with Crippen molar-refractivity contribution in [2.75, 3.05) is 0 Å². The van der Waals surface area contributed by atoms with E-state index in [9.17, 15) is 0 Å². The Labute approximate surface area is 436 Å². The van der Waals surface area contributed by atoms with Gasteiger partial charge in [-0.25, -0.2) is 15.0 Å². The molecule has 15 aromatic rings. The van der Waals surface area contributed by atoms with Crippen LogP contribution in [0, 0.1) is 0 Å². The first-order valence-electron chi connectivity index (χ1n) is 26.3. The summed E-state index contributed by atoms with van der Waals surface area (Å²) in [5.41, 5.74) is 14.3. The van der Waals surface area contributed by atoms with Crippen LogP contribution in [0.3, 0.4) is 0 Å². The molecule has 366 valence electrons. The third kappa shape index (κ3) is 7.56. The van der Waals surface area contributed by atoms with Gasteiger partial charge < -0.3 is 0 Å². The molecule has 0 aliphatic rings. The van der Waals surface area contributed by atoms with Gasteiger partial charge in [-0.05, 0) is 120 Å². The van der Waals surface area contributed by atoms with Crippen LogP contribution >= 0.6 is 0 Å². The molecule has 6 heteroatoms. The summed E-state index contributed by atoms with van der Waals surface area (Å²) in [6, 6.07) is 65.1. The molecule has 15 rings (SSSR count). The molecule has 6 aromatic heterocycles. The summed E-state index contributed by atoms with van der Waals surface area (Å²) < 4.78 is 6.66. The van der Waals surface area contributed by atoms with Crippen LogP contribution in [0.2, 0.25) is 0 Å². The summed E-state index contributed by atoms with van der Waals surface area (Å²) in [6.07, 6.45) is 6.34. The fraction of sp³-hybridized carbons (Fsp3) is 0.174. The largest absolute Gasteiger partial charge is 0.299 e. The number of hydrogen-bond acceptors (Lipinski definition) is 3. The molecule has 6 heterocycles. The number of hydrogen-bond donors (Lipinski definition) is 0. The molecular formula is C69H60N6. The van der Waals surface area contributed by atoms with Crippen molar-refractivity contribution in [2.45, 2.75) is 78.6 Å². The zero-order valence-corrected chi connectivity index (χ0v) is 44.2. The van der Waals surface area contributed by atoms with Gasteiger partial charge >= 0.3 is 0 Å². The highest BCUT2D eigenvalue weighted by atomic mass is 15.0. The van der Waals surface area contributed by atoms with E-state index >= 15 is 0 Å². The predicted molar refractivity (Wildman–Crippen MR) is 319 cm³/mol. The van der Waals surface area contributed by atoms with Gasteiger partial charge in [-0.3, -0.25) is 13.2 Å². The summed E-state index contributed by atoms with van der Waals surface area (Å²) in [5, 5.41) is 15.2. The average molecular weight is 973 g/mol. The topological polar surface area (TPSA) is 51.9 Å². The Morgan fingerprint density at radius 1 is 0.253 bits per heavy atom. The van der Waals surface area contributed by atoms with Gasteiger partial charge in [-0.15, -0.1) is 0 Å². The number of benzene rings is 9. The molecule has 0 bridgehead atoms. The maximum atomic E-state index is 4.95. The Balaban J connectivity index is 0.000000108. The molecule has 0 fully saturated rings. The van der Waals surface area contributed by atoms with Crippen molar-refractivity contribution >= 4 is 115 Å². The maximum Gasteiger partial charge on any atom is 0.137 e. The van der Waals surface area contributed by atoms with Gasteiger partial charge in [-0.2, -0.15) is 0 Å². The van der Waals surface area contributed by atoms with Crippen LogP contribution in [0.1, 0.15) is 79.0 Å². The Morgan fingerprint density at radius 3 is 0.760 bits per heavy atom. The van der Waals surface area contributed by atoms with Gasteiger partial charge in [-0.1, -0.05) is 190 Å². The van der Waals surface area contributed by atoms with Crippen molar-refractivity contribution < 1.29 is 0 Å². The normalized spacial score (nSPS) is 12.6. The summed E-state index contributed by atoms with van der Waals surface area (Å²) >= 11 is 0. The van der Waals surface area contributed by atoms with Crippen LogP contribution < -0.4 is 0 Å². The summed E-state index contributed by atoms with van der Waals surface area (Å²) in [5.74, 6) is 0. The highest BCUT2D eigenvalue weighted by molar-refractivity contribution is 6.26. The van der Waals surface area contributed by atoms with E-state index < -0.39 is 0 Å². The minimum atomic E-state index is 0.118. The smallest absolute Gasteiger partial charge is 0.137 e. The number of aromatic nitrogens is 6. The zero-order chi connectivity index (χ0) is 51.5. The number of imidazole rings is 3. The molecule has 0 aliphatic carbocycles. The summed E-state index contributed by atoms with van der Waals surface area (Å²) in [7, 11) is 0. The van der Waals surface area contributed by atoms with Crippen LogP contribution in [0.25, 0.3) is 115 Å². The van der Waals surface area contributed by atoms with E-state index in [0.29, 0.717) is 0 Å². The van der Waals surface area contributed by atoms with E-state index in [-0.39, 0.29) is 16.2 Å². The number of rotatable bonds is 0. The quantitative estimate of drug-likeness (QED) is 0.142. The first-order chi connectivity index (χ1) is 36.1. The van der Waals surface area contributed by atoms with E-state index in [1.54, 1.807) is 0 Å². The zero-order valence-electron chi connectivity index (χ0n) is 44.2.